The molecule has 0 saturated carbocycles. The Labute approximate surface area is 94.1 Å². The fraction of sp³-hybridized carbons (Fsp3) is 0.100. The van der Waals surface area contributed by atoms with Crippen molar-refractivity contribution in [3.8, 4) is 6.07 Å². The van der Waals surface area contributed by atoms with Crippen LogP contribution in [0.2, 0.25) is 0 Å². The van der Waals surface area contributed by atoms with Crippen molar-refractivity contribution in [2.45, 2.75) is 6.42 Å². The van der Waals surface area contributed by atoms with Gasteiger partial charge in [-0.3, -0.25) is 0 Å². The molecule has 1 heterocycles. The first kappa shape index (κ1) is 9.50. The van der Waals surface area contributed by atoms with Crippen molar-refractivity contribution < 1.29 is 0 Å². The van der Waals surface area contributed by atoms with Crippen LogP contribution in [0.4, 0.5) is 5.69 Å². The van der Waals surface area contributed by atoms with Crippen LogP contribution < -0.4 is 5.73 Å². The zero-order valence-corrected chi connectivity index (χ0v) is 9.65. The summed E-state index contributed by atoms with van der Waals surface area (Å²) < 4.78 is 2.12. The lowest BCUT2D eigenvalue weighted by Crippen LogP contribution is -1.92. The van der Waals surface area contributed by atoms with Crippen molar-refractivity contribution in [1.29, 1.82) is 5.26 Å². The molecule has 4 heteroatoms. The molecule has 70 valence electrons. The number of benzene rings is 1. The van der Waals surface area contributed by atoms with Gasteiger partial charge in [0.05, 0.1) is 22.9 Å². The van der Waals surface area contributed by atoms with E-state index >= 15 is 0 Å². The van der Waals surface area contributed by atoms with Gasteiger partial charge in [0.2, 0.25) is 0 Å². The van der Waals surface area contributed by atoms with Gasteiger partial charge in [-0.2, -0.15) is 5.26 Å². The first-order valence-corrected chi connectivity index (χ1v) is 5.72. The quantitative estimate of drug-likeness (QED) is 0.806. The maximum Gasteiger partial charge on any atom is 0.0670 e. The number of nitrogens with zero attached hydrogens (tertiary/aromatic N) is 1. The van der Waals surface area contributed by atoms with Crippen LogP contribution in [0.15, 0.2) is 22.0 Å². The highest BCUT2D eigenvalue weighted by atomic mass is 79.9. The summed E-state index contributed by atoms with van der Waals surface area (Å²) in [5, 5.41) is 11.7. The molecule has 2 rings (SSSR count). The number of rotatable bonds is 1. The predicted octanol–water partition coefficient (Wildman–Crippen LogP) is 3.31. The van der Waals surface area contributed by atoms with E-state index in [1.54, 1.807) is 11.3 Å². The minimum absolute atomic E-state index is 0.372. The molecule has 1 aromatic carbocycles. The van der Waals surface area contributed by atoms with E-state index < -0.39 is 0 Å². The number of halogens is 1. The highest BCUT2D eigenvalue weighted by Gasteiger charge is 2.07. The topological polar surface area (TPSA) is 49.8 Å². The summed E-state index contributed by atoms with van der Waals surface area (Å²) in [6, 6.07) is 6.02. The summed E-state index contributed by atoms with van der Waals surface area (Å²) in [6.07, 6.45) is 0.372. The second-order valence-corrected chi connectivity index (χ2v) is 4.67. The minimum Gasteiger partial charge on any atom is -0.397 e. The molecule has 0 atom stereocenters. The highest BCUT2D eigenvalue weighted by Crippen LogP contribution is 2.35. The fourth-order valence-electron chi connectivity index (χ4n) is 1.37. The molecule has 1 aromatic heterocycles. The standard InChI is InChI=1S/C10H7BrN2S/c11-8-5-14-10-7(8)2-1-6(3-4-12)9(10)13/h1-2,5H,3,13H2. The van der Waals surface area contributed by atoms with E-state index in [1.165, 1.54) is 0 Å². The van der Waals surface area contributed by atoms with E-state index in [4.69, 9.17) is 11.0 Å². The molecule has 2 N–H and O–H groups in total. The molecular formula is C10H7BrN2S. The Kier molecular flexibility index (Phi) is 2.44. The van der Waals surface area contributed by atoms with Crippen molar-refractivity contribution >= 4 is 43.0 Å². The molecular weight excluding hydrogens is 260 g/mol. The molecule has 2 nitrogen and oxygen atoms in total. The number of nitrogen functional groups attached to an aromatic ring is 1. The third-order valence-corrected chi connectivity index (χ3v) is 4.08. The second-order valence-electron chi connectivity index (χ2n) is 2.93. The smallest absolute Gasteiger partial charge is 0.0670 e. The number of anilines is 1. The van der Waals surface area contributed by atoms with Gasteiger partial charge < -0.3 is 5.73 Å². The Balaban J connectivity index is 2.71. The van der Waals surface area contributed by atoms with Crippen molar-refractivity contribution in [3.05, 3.63) is 27.5 Å². The molecule has 0 saturated heterocycles. The second kappa shape index (κ2) is 3.60. The van der Waals surface area contributed by atoms with Crippen LogP contribution >= 0.6 is 27.3 Å². The van der Waals surface area contributed by atoms with Gasteiger partial charge in [-0.05, 0) is 21.5 Å². The Morgan fingerprint density at radius 2 is 2.29 bits per heavy atom. The lowest BCUT2D eigenvalue weighted by molar-refractivity contribution is 1.28. The largest absolute Gasteiger partial charge is 0.397 e. The molecule has 0 unspecified atom stereocenters. The summed E-state index contributed by atoms with van der Waals surface area (Å²) in [5.41, 5.74) is 7.60. The molecule has 0 aliphatic carbocycles. The zero-order valence-electron chi connectivity index (χ0n) is 7.25. The van der Waals surface area contributed by atoms with Crippen LogP contribution in [-0.4, -0.2) is 0 Å². The third kappa shape index (κ3) is 1.39. The molecule has 2 aromatic rings. The van der Waals surface area contributed by atoms with E-state index in [1.807, 2.05) is 17.5 Å². The van der Waals surface area contributed by atoms with Gasteiger partial charge in [-0.25, -0.2) is 0 Å². The van der Waals surface area contributed by atoms with E-state index in [2.05, 4.69) is 22.0 Å². The van der Waals surface area contributed by atoms with Gasteiger partial charge in [0.1, 0.15) is 0 Å². The lowest BCUT2D eigenvalue weighted by atomic mass is 10.1. The van der Waals surface area contributed by atoms with Crippen LogP contribution in [0.25, 0.3) is 10.1 Å². The number of hydrogen-bond donors (Lipinski definition) is 1. The molecule has 0 aliphatic rings. The lowest BCUT2D eigenvalue weighted by Gasteiger charge is -2.02. The Bertz CT molecular complexity index is 525. The number of fused-ring (bicyclic) bond motifs is 1. The number of thiophene rings is 1. The number of hydrogen-bond acceptors (Lipinski definition) is 3. The SMILES string of the molecule is N#CCc1ccc2c(Br)csc2c1N. The Morgan fingerprint density at radius 1 is 1.50 bits per heavy atom. The van der Waals surface area contributed by atoms with Crippen LogP contribution in [0.5, 0.6) is 0 Å². The van der Waals surface area contributed by atoms with Crippen molar-refractivity contribution in [2.75, 3.05) is 5.73 Å². The van der Waals surface area contributed by atoms with E-state index in [0.717, 1.165) is 25.8 Å². The molecule has 0 spiro atoms. The van der Waals surface area contributed by atoms with Crippen LogP contribution in [0.1, 0.15) is 5.56 Å². The van der Waals surface area contributed by atoms with Gasteiger partial charge in [0.15, 0.2) is 0 Å². The zero-order chi connectivity index (χ0) is 10.1. The number of nitrogens with two attached hydrogens (primary N) is 1. The van der Waals surface area contributed by atoms with Gasteiger partial charge in [0.25, 0.3) is 0 Å². The van der Waals surface area contributed by atoms with Crippen LogP contribution in [0, 0.1) is 11.3 Å². The van der Waals surface area contributed by atoms with Crippen molar-refractivity contribution in [2.24, 2.45) is 0 Å². The first-order valence-electron chi connectivity index (χ1n) is 4.05. The van der Waals surface area contributed by atoms with Crippen LogP contribution in [-0.2, 0) is 6.42 Å². The number of nitriles is 1. The van der Waals surface area contributed by atoms with Crippen molar-refractivity contribution in [3.63, 3.8) is 0 Å². The summed E-state index contributed by atoms with van der Waals surface area (Å²) >= 11 is 5.05. The Morgan fingerprint density at radius 3 is 3.00 bits per heavy atom. The Hall–Kier alpha value is -1.05. The molecule has 0 amide bonds. The van der Waals surface area contributed by atoms with E-state index in [-0.39, 0.29) is 0 Å². The highest BCUT2D eigenvalue weighted by molar-refractivity contribution is 9.10. The minimum atomic E-state index is 0.372. The predicted molar refractivity (Wildman–Crippen MR) is 63.3 cm³/mol. The average Bonchev–Trinajstić information content (AvgIpc) is 2.54. The third-order valence-electron chi connectivity index (χ3n) is 2.09. The molecule has 0 radical (unpaired) electrons. The monoisotopic (exact) mass is 266 g/mol. The van der Waals surface area contributed by atoms with Gasteiger partial charge in [-0.15, -0.1) is 11.3 Å². The molecule has 0 bridgehead atoms. The molecule has 0 aliphatic heterocycles. The normalized spacial score (nSPS) is 10.3. The summed E-state index contributed by atoms with van der Waals surface area (Å²) in [6.45, 7) is 0. The van der Waals surface area contributed by atoms with Gasteiger partial charge in [-0.1, -0.05) is 12.1 Å². The van der Waals surface area contributed by atoms with E-state index in [9.17, 15) is 0 Å². The average molecular weight is 267 g/mol. The first-order chi connectivity index (χ1) is 6.74. The summed E-state index contributed by atoms with van der Waals surface area (Å²) in [7, 11) is 0. The maximum atomic E-state index is 8.61. The maximum absolute atomic E-state index is 8.61. The summed E-state index contributed by atoms with van der Waals surface area (Å²) in [5.74, 6) is 0. The van der Waals surface area contributed by atoms with Crippen LogP contribution in [0.3, 0.4) is 0 Å². The fourth-order valence-corrected chi connectivity index (χ4v) is 3.02. The molecule has 0 fully saturated rings. The van der Waals surface area contributed by atoms with Gasteiger partial charge in [0, 0.05) is 15.2 Å². The molecule has 14 heavy (non-hydrogen) atoms. The van der Waals surface area contributed by atoms with E-state index in [0.29, 0.717) is 6.42 Å². The van der Waals surface area contributed by atoms with Gasteiger partial charge >= 0.3 is 0 Å². The summed E-state index contributed by atoms with van der Waals surface area (Å²) in [4.78, 5) is 0. The van der Waals surface area contributed by atoms with Crippen molar-refractivity contribution in [1.82, 2.24) is 0 Å².